The molecule has 15 heavy (non-hydrogen) atoms. The van der Waals surface area contributed by atoms with E-state index in [9.17, 15) is 9.59 Å². The number of aryl methyl sites for hydroxylation is 1. The lowest BCUT2D eigenvalue weighted by molar-refractivity contribution is -0.123. The van der Waals surface area contributed by atoms with Crippen LogP contribution in [0.1, 0.15) is 19.4 Å². The molecule has 0 aliphatic rings. The largest absolute Gasteiger partial charge is 0.274 e. The van der Waals surface area contributed by atoms with Crippen LogP contribution in [0.5, 0.6) is 0 Å². The minimum absolute atomic E-state index is 0.228. The van der Waals surface area contributed by atoms with Crippen LogP contribution in [0.2, 0.25) is 0 Å². The van der Waals surface area contributed by atoms with E-state index in [-0.39, 0.29) is 11.8 Å². The van der Waals surface area contributed by atoms with Gasteiger partial charge in [-0.2, -0.15) is 0 Å². The van der Waals surface area contributed by atoms with Crippen molar-refractivity contribution in [3.63, 3.8) is 0 Å². The number of amides is 2. The van der Waals surface area contributed by atoms with Crippen molar-refractivity contribution in [2.24, 2.45) is 0 Å². The van der Waals surface area contributed by atoms with Crippen LogP contribution in [0.3, 0.4) is 0 Å². The summed E-state index contributed by atoms with van der Waals surface area (Å²) >= 11 is 0. The highest BCUT2D eigenvalue weighted by Crippen LogP contribution is 2.13. The van der Waals surface area contributed by atoms with Gasteiger partial charge in [0.25, 0.3) is 0 Å². The van der Waals surface area contributed by atoms with E-state index in [0.29, 0.717) is 5.69 Å². The third-order valence-corrected chi connectivity index (χ3v) is 1.88. The molecule has 0 fully saturated rings. The highest BCUT2D eigenvalue weighted by molar-refractivity contribution is 5.94. The van der Waals surface area contributed by atoms with Crippen LogP contribution < -0.4 is 10.4 Å². The molecule has 4 heteroatoms. The van der Waals surface area contributed by atoms with Crippen molar-refractivity contribution < 1.29 is 9.59 Å². The van der Waals surface area contributed by atoms with Gasteiger partial charge in [0.1, 0.15) is 0 Å². The topological polar surface area (TPSA) is 49.4 Å². The molecule has 4 nitrogen and oxygen atoms in total. The molecule has 80 valence electrons. The Bertz CT molecular complexity index is 371. The third-order valence-electron chi connectivity index (χ3n) is 1.88. The molecule has 1 aromatic rings. The Balaban J connectivity index is 2.94. The smallest absolute Gasteiger partial charge is 0.242 e. The molecule has 0 atom stereocenters. The maximum absolute atomic E-state index is 11.3. The van der Waals surface area contributed by atoms with Crippen molar-refractivity contribution in [2.75, 3.05) is 5.01 Å². The summed E-state index contributed by atoms with van der Waals surface area (Å²) in [5.74, 6) is -0.500. The zero-order valence-electron chi connectivity index (χ0n) is 9.07. The summed E-state index contributed by atoms with van der Waals surface area (Å²) in [7, 11) is 0. The highest BCUT2D eigenvalue weighted by atomic mass is 16.2. The number of benzene rings is 1. The van der Waals surface area contributed by atoms with Crippen molar-refractivity contribution in [1.29, 1.82) is 0 Å². The van der Waals surface area contributed by atoms with E-state index in [1.54, 1.807) is 12.1 Å². The number of carbonyl (C=O) groups is 2. The van der Waals surface area contributed by atoms with Crippen molar-refractivity contribution in [2.45, 2.75) is 20.8 Å². The van der Waals surface area contributed by atoms with Gasteiger partial charge in [-0.3, -0.25) is 15.0 Å². The summed E-state index contributed by atoms with van der Waals surface area (Å²) in [4.78, 5) is 22.2. The van der Waals surface area contributed by atoms with Crippen molar-refractivity contribution in [1.82, 2.24) is 5.43 Å². The molecule has 0 bridgehead atoms. The van der Waals surface area contributed by atoms with E-state index in [1.165, 1.54) is 18.9 Å². The number of anilines is 1. The molecule has 0 aliphatic heterocycles. The predicted octanol–water partition coefficient (Wildman–Crippen LogP) is 1.40. The average Bonchev–Trinajstić information content (AvgIpc) is 2.15. The fourth-order valence-corrected chi connectivity index (χ4v) is 1.18. The minimum Gasteiger partial charge on any atom is -0.274 e. The number of carbonyl (C=O) groups excluding carboxylic acids is 2. The van der Waals surface area contributed by atoms with E-state index in [2.05, 4.69) is 5.43 Å². The van der Waals surface area contributed by atoms with Crippen LogP contribution in [-0.2, 0) is 9.59 Å². The molecule has 0 saturated carbocycles. The molecular weight excluding hydrogens is 192 g/mol. The molecule has 0 aromatic heterocycles. The summed E-state index contributed by atoms with van der Waals surface area (Å²) in [6.07, 6.45) is 0. The van der Waals surface area contributed by atoms with E-state index in [1.807, 2.05) is 19.1 Å². The lowest BCUT2D eigenvalue weighted by Crippen LogP contribution is -2.44. The first-order chi connectivity index (χ1) is 7.00. The number of hydrogen-bond donors (Lipinski definition) is 1. The van der Waals surface area contributed by atoms with Crippen molar-refractivity contribution >= 4 is 17.5 Å². The fraction of sp³-hybridized carbons (Fsp3) is 0.273. The number of rotatable bonds is 1. The van der Waals surface area contributed by atoms with Gasteiger partial charge in [-0.1, -0.05) is 17.7 Å². The van der Waals surface area contributed by atoms with Gasteiger partial charge in [0.15, 0.2) is 0 Å². The first kappa shape index (κ1) is 11.2. The second-order valence-electron chi connectivity index (χ2n) is 3.36. The summed E-state index contributed by atoms with van der Waals surface area (Å²) in [6.45, 7) is 4.72. The molecule has 0 aliphatic carbocycles. The summed E-state index contributed by atoms with van der Waals surface area (Å²) in [5, 5.41) is 1.22. The van der Waals surface area contributed by atoms with Gasteiger partial charge in [0, 0.05) is 13.8 Å². The van der Waals surface area contributed by atoms with Gasteiger partial charge >= 0.3 is 0 Å². The molecule has 1 N–H and O–H groups in total. The normalized spacial score (nSPS) is 9.53. The fourth-order valence-electron chi connectivity index (χ4n) is 1.18. The molecule has 2 amide bonds. The van der Waals surface area contributed by atoms with Crippen LogP contribution in [-0.4, -0.2) is 11.8 Å². The first-order valence-corrected chi connectivity index (χ1v) is 4.65. The quantitative estimate of drug-likeness (QED) is 0.706. The molecule has 1 rings (SSSR count). The zero-order valence-corrected chi connectivity index (χ0v) is 9.07. The molecule has 0 radical (unpaired) electrons. The Hall–Kier alpha value is -1.84. The van der Waals surface area contributed by atoms with Crippen molar-refractivity contribution in [3.8, 4) is 0 Å². The standard InChI is InChI=1S/C11H14N2O2/c1-8-4-6-11(7-5-8)13(10(3)15)12-9(2)14/h4-7H,1-3H3,(H,12,14). The third kappa shape index (κ3) is 3.09. The van der Waals surface area contributed by atoms with E-state index < -0.39 is 0 Å². The lowest BCUT2D eigenvalue weighted by Gasteiger charge is -2.20. The molecular formula is C11H14N2O2. The number of nitrogens with one attached hydrogen (secondary N) is 1. The minimum atomic E-state index is -0.272. The Morgan fingerprint density at radius 1 is 1.13 bits per heavy atom. The second kappa shape index (κ2) is 4.59. The Labute approximate surface area is 88.9 Å². The Kier molecular flexibility index (Phi) is 3.44. The van der Waals surface area contributed by atoms with E-state index >= 15 is 0 Å². The molecule has 1 aromatic carbocycles. The number of hydrazine groups is 1. The SMILES string of the molecule is CC(=O)NN(C(C)=O)c1ccc(C)cc1. The van der Waals surface area contributed by atoms with Crippen molar-refractivity contribution in [3.05, 3.63) is 29.8 Å². The van der Waals surface area contributed by atoms with Gasteiger partial charge in [0.05, 0.1) is 5.69 Å². The number of nitrogens with zero attached hydrogens (tertiary/aromatic N) is 1. The summed E-state index contributed by atoms with van der Waals surface area (Å²) in [5.41, 5.74) is 4.22. The highest BCUT2D eigenvalue weighted by Gasteiger charge is 2.11. The van der Waals surface area contributed by atoms with Gasteiger partial charge in [0.2, 0.25) is 11.8 Å². The van der Waals surface area contributed by atoms with Crippen LogP contribution in [0.15, 0.2) is 24.3 Å². The molecule has 0 saturated heterocycles. The molecule has 0 unspecified atom stereocenters. The van der Waals surface area contributed by atoms with Gasteiger partial charge in [-0.25, -0.2) is 5.01 Å². The lowest BCUT2D eigenvalue weighted by atomic mass is 10.2. The summed E-state index contributed by atoms with van der Waals surface area (Å²) in [6, 6.07) is 7.33. The molecule has 0 spiro atoms. The predicted molar refractivity (Wildman–Crippen MR) is 58.2 cm³/mol. The summed E-state index contributed by atoms with van der Waals surface area (Å²) < 4.78 is 0. The van der Waals surface area contributed by atoms with E-state index in [4.69, 9.17) is 0 Å². The van der Waals surface area contributed by atoms with Crippen LogP contribution in [0, 0.1) is 6.92 Å². The van der Waals surface area contributed by atoms with Crippen LogP contribution in [0.25, 0.3) is 0 Å². The second-order valence-corrected chi connectivity index (χ2v) is 3.36. The van der Waals surface area contributed by atoms with Crippen LogP contribution >= 0.6 is 0 Å². The van der Waals surface area contributed by atoms with Gasteiger partial charge < -0.3 is 0 Å². The number of hydrogen-bond acceptors (Lipinski definition) is 2. The molecule has 0 heterocycles. The zero-order chi connectivity index (χ0) is 11.4. The maximum Gasteiger partial charge on any atom is 0.242 e. The Morgan fingerprint density at radius 3 is 2.07 bits per heavy atom. The first-order valence-electron chi connectivity index (χ1n) is 4.65. The maximum atomic E-state index is 11.3. The van der Waals surface area contributed by atoms with E-state index in [0.717, 1.165) is 5.56 Å². The Morgan fingerprint density at radius 2 is 1.67 bits per heavy atom. The monoisotopic (exact) mass is 206 g/mol. The van der Waals surface area contributed by atoms with Gasteiger partial charge in [-0.15, -0.1) is 0 Å². The van der Waals surface area contributed by atoms with Crippen LogP contribution in [0.4, 0.5) is 5.69 Å². The van der Waals surface area contributed by atoms with Gasteiger partial charge in [-0.05, 0) is 19.1 Å². The average molecular weight is 206 g/mol.